The molecule has 1 aromatic rings. The van der Waals surface area contributed by atoms with Gasteiger partial charge in [-0.15, -0.1) is 0 Å². The molecular weight excluding hydrogens is 277 g/mol. The van der Waals surface area contributed by atoms with Crippen LogP contribution in [0.5, 0.6) is 0 Å². The van der Waals surface area contributed by atoms with E-state index in [2.05, 4.69) is 11.6 Å². The van der Waals surface area contributed by atoms with Crippen LogP contribution in [0.1, 0.15) is 26.2 Å². The third-order valence-electron chi connectivity index (χ3n) is 3.22. The first-order valence-electron chi connectivity index (χ1n) is 5.86. The van der Waals surface area contributed by atoms with E-state index in [4.69, 9.17) is 11.6 Å². The molecule has 2 atom stereocenters. The molecule has 0 amide bonds. The van der Waals surface area contributed by atoms with Gasteiger partial charge in [0.05, 0.1) is 9.92 Å². The highest BCUT2D eigenvalue weighted by atomic mass is 35.5. The molecule has 18 heavy (non-hydrogen) atoms. The Morgan fingerprint density at radius 1 is 1.39 bits per heavy atom. The maximum atomic E-state index is 13.0. The second-order valence-corrected chi connectivity index (χ2v) is 6.93. The van der Waals surface area contributed by atoms with Crippen LogP contribution in [0.2, 0.25) is 5.02 Å². The molecule has 0 bridgehead atoms. The van der Waals surface area contributed by atoms with Crippen molar-refractivity contribution >= 4 is 21.6 Å². The first-order chi connectivity index (χ1) is 8.38. The van der Waals surface area contributed by atoms with Gasteiger partial charge >= 0.3 is 0 Å². The second-order valence-electron chi connectivity index (χ2n) is 4.81. The molecule has 0 heterocycles. The molecule has 1 fully saturated rings. The Morgan fingerprint density at radius 2 is 2.11 bits per heavy atom. The van der Waals surface area contributed by atoms with E-state index in [0.29, 0.717) is 5.92 Å². The largest absolute Gasteiger partial charge is 0.240 e. The zero-order valence-corrected chi connectivity index (χ0v) is 11.6. The maximum absolute atomic E-state index is 13.0. The summed E-state index contributed by atoms with van der Waals surface area (Å²) in [6, 6.07) is 3.39. The summed E-state index contributed by atoms with van der Waals surface area (Å²) in [5.41, 5.74) is 0. The summed E-state index contributed by atoms with van der Waals surface area (Å²) in [4.78, 5) is 0.00783. The van der Waals surface area contributed by atoms with E-state index in [1.54, 1.807) is 0 Å². The van der Waals surface area contributed by atoms with Crippen LogP contribution in [0, 0.1) is 11.7 Å². The van der Waals surface area contributed by atoms with E-state index in [1.807, 2.05) is 0 Å². The monoisotopic (exact) mass is 291 g/mol. The van der Waals surface area contributed by atoms with Crippen molar-refractivity contribution in [3.8, 4) is 0 Å². The Bertz CT molecular complexity index is 547. The molecule has 0 spiro atoms. The van der Waals surface area contributed by atoms with Crippen molar-refractivity contribution in [2.45, 2.75) is 37.1 Å². The molecule has 1 aliphatic rings. The van der Waals surface area contributed by atoms with Gasteiger partial charge in [-0.05, 0) is 43.4 Å². The number of benzene rings is 1. The standard InChI is InChI=1S/C12H15ClFNO2S/c1-8-2-3-9(6-8)15-18(16,17)10-4-5-12(14)11(13)7-10/h4-5,7-9,15H,2-3,6H2,1H3. The smallest absolute Gasteiger partial charge is 0.208 e. The van der Waals surface area contributed by atoms with Crippen LogP contribution in [0.4, 0.5) is 4.39 Å². The molecule has 100 valence electrons. The second kappa shape index (κ2) is 5.15. The van der Waals surface area contributed by atoms with Gasteiger partial charge < -0.3 is 0 Å². The fourth-order valence-electron chi connectivity index (χ4n) is 2.25. The summed E-state index contributed by atoms with van der Waals surface area (Å²) < 4.78 is 39.8. The van der Waals surface area contributed by atoms with Crippen molar-refractivity contribution in [3.05, 3.63) is 29.0 Å². The van der Waals surface area contributed by atoms with E-state index in [0.717, 1.165) is 31.4 Å². The third kappa shape index (κ3) is 3.02. The number of sulfonamides is 1. The minimum atomic E-state index is -3.61. The molecular formula is C12H15ClFNO2S. The van der Waals surface area contributed by atoms with Crippen LogP contribution in [0.15, 0.2) is 23.1 Å². The molecule has 0 saturated heterocycles. The predicted octanol–water partition coefficient (Wildman–Crippen LogP) is 2.95. The normalized spacial score (nSPS) is 24.4. The molecule has 1 saturated carbocycles. The summed E-state index contributed by atoms with van der Waals surface area (Å²) in [6.45, 7) is 2.10. The third-order valence-corrected chi connectivity index (χ3v) is 5.03. The van der Waals surface area contributed by atoms with Crippen LogP contribution >= 0.6 is 11.6 Å². The Kier molecular flexibility index (Phi) is 3.94. The SMILES string of the molecule is CC1CCC(NS(=O)(=O)c2ccc(F)c(Cl)c2)C1. The number of hydrogen-bond donors (Lipinski definition) is 1. The molecule has 0 aliphatic heterocycles. The summed E-state index contributed by atoms with van der Waals surface area (Å²) in [5, 5.41) is -0.183. The van der Waals surface area contributed by atoms with Crippen molar-refractivity contribution in [1.29, 1.82) is 0 Å². The van der Waals surface area contributed by atoms with Crippen molar-refractivity contribution in [2.75, 3.05) is 0 Å². The van der Waals surface area contributed by atoms with Crippen LogP contribution in [-0.4, -0.2) is 14.5 Å². The quantitative estimate of drug-likeness (QED) is 0.931. The first-order valence-corrected chi connectivity index (χ1v) is 7.72. The number of hydrogen-bond acceptors (Lipinski definition) is 2. The molecule has 2 rings (SSSR count). The van der Waals surface area contributed by atoms with Crippen LogP contribution < -0.4 is 4.72 Å². The average Bonchev–Trinajstić information content (AvgIpc) is 2.67. The predicted molar refractivity (Wildman–Crippen MR) is 68.5 cm³/mol. The highest BCUT2D eigenvalue weighted by molar-refractivity contribution is 7.89. The topological polar surface area (TPSA) is 46.2 Å². The van der Waals surface area contributed by atoms with Crippen LogP contribution in [-0.2, 0) is 10.0 Å². The fraction of sp³-hybridized carbons (Fsp3) is 0.500. The summed E-state index contributed by atoms with van der Waals surface area (Å²) in [6.07, 6.45) is 2.71. The molecule has 1 aromatic carbocycles. The average molecular weight is 292 g/mol. The van der Waals surface area contributed by atoms with Crippen LogP contribution in [0.25, 0.3) is 0 Å². The zero-order chi connectivity index (χ0) is 13.3. The van der Waals surface area contributed by atoms with Gasteiger partial charge in [-0.3, -0.25) is 0 Å². The van der Waals surface area contributed by atoms with Gasteiger partial charge in [-0.1, -0.05) is 18.5 Å². The van der Waals surface area contributed by atoms with Gasteiger partial charge in [-0.25, -0.2) is 17.5 Å². The van der Waals surface area contributed by atoms with Gasteiger partial charge in [0.15, 0.2) is 0 Å². The summed E-state index contributed by atoms with van der Waals surface area (Å²) >= 11 is 5.59. The summed E-state index contributed by atoms with van der Waals surface area (Å²) in [5.74, 6) is -0.0837. The van der Waals surface area contributed by atoms with E-state index < -0.39 is 15.8 Å². The highest BCUT2D eigenvalue weighted by Crippen LogP contribution is 2.26. The first kappa shape index (κ1) is 13.8. The fourth-order valence-corrected chi connectivity index (χ4v) is 3.80. The lowest BCUT2D eigenvalue weighted by atomic mass is 10.1. The van der Waals surface area contributed by atoms with E-state index >= 15 is 0 Å². The highest BCUT2D eigenvalue weighted by Gasteiger charge is 2.26. The van der Waals surface area contributed by atoms with Gasteiger partial charge in [0.1, 0.15) is 5.82 Å². The van der Waals surface area contributed by atoms with E-state index in [9.17, 15) is 12.8 Å². The van der Waals surface area contributed by atoms with E-state index in [1.165, 1.54) is 6.07 Å². The van der Waals surface area contributed by atoms with Crippen LogP contribution in [0.3, 0.4) is 0 Å². The summed E-state index contributed by atoms with van der Waals surface area (Å²) in [7, 11) is -3.61. The number of nitrogens with one attached hydrogen (secondary N) is 1. The van der Waals surface area contributed by atoms with Crippen molar-refractivity contribution < 1.29 is 12.8 Å². The minimum absolute atomic E-state index is 0.00783. The molecule has 2 unspecified atom stereocenters. The molecule has 0 radical (unpaired) electrons. The van der Waals surface area contributed by atoms with Crippen molar-refractivity contribution in [3.63, 3.8) is 0 Å². The maximum Gasteiger partial charge on any atom is 0.240 e. The number of rotatable bonds is 3. The van der Waals surface area contributed by atoms with Gasteiger partial charge in [0, 0.05) is 6.04 Å². The number of halogens is 2. The van der Waals surface area contributed by atoms with Gasteiger partial charge in [0.25, 0.3) is 0 Å². The van der Waals surface area contributed by atoms with Gasteiger partial charge in [-0.2, -0.15) is 0 Å². The Hall–Kier alpha value is -0.650. The van der Waals surface area contributed by atoms with Crippen molar-refractivity contribution in [2.24, 2.45) is 5.92 Å². The zero-order valence-electron chi connectivity index (χ0n) is 9.99. The molecule has 6 heteroatoms. The molecule has 3 nitrogen and oxygen atoms in total. The van der Waals surface area contributed by atoms with Gasteiger partial charge in [0.2, 0.25) is 10.0 Å². The molecule has 1 N–H and O–H groups in total. The Balaban J connectivity index is 2.17. The molecule has 1 aliphatic carbocycles. The Labute approximate surface area is 111 Å². The lowest BCUT2D eigenvalue weighted by molar-refractivity contribution is 0.538. The lowest BCUT2D eigenvalue weighted by Crippen LogP contribution is -2.32. The Morgan fingerprint density at radius 3 is 2.67 bits per heavy atom. The van der Waals surface area contributed by atoms with E-state index in [-0.39, 0.29) is 16.0 Å². The minimum Gasteiger partial charge on any atom is -0.208 e. The lowest BCUT2D eigenvalue weighted by Gasteiger charge is -2.13. The molecule has 0 aromatic heterocycles. The van der Waals surface area contributed by atoms with Crippen molar-refractivity contribution in [1.82, 2.24) is 4.72 Å².